The Morgan fingerprint density at radius 1 is 1.55 bits per heavy atom. The minimum atomic E-state index is -0.266. The van der Waals surface area contributed by atoms with Crippen molar-refractivity contribution in [2.75, 3.05) is 19.8 Å². The van der Waals surface area contributed by atoms with Gasteiger partial charge in [-0.2, -0.15) is 0 Å². The molecule has 1 saturated heterocycles. The van der Waals surface area contributed by atoms with Gasteiger partial charge in [0.1, 0.15) is 5.78 Å². The van der Waals surface area contributed by atoms with E-state index in [2.05, 4.69) is 0 Å². The summed E-state index contributed by atoms with van der Waals surface area (Å²) in [4.78, 5) is 11.2. The Morgan fingerprint density at radius 2 is 2.09 bits per heavy atom. The molecule has 3 heteroatoms. The lowest BCUT2D eigenvalue weighted by molar-refractivity contribution is -0.131. The summed E-state index contributed by atoms with van der Waals surface area (Å²) in [6.07, 6.45) is 1.58. The molecular formula is C8H15NO2. The summed E-state index contributed by atoms with van der Waals surface area (Å²) < 4.78 is 5.17. The third-order valence-electron chi connectivity index (χ3n) is 2.59. The van der Waals surface area contributed by atoms with Crippen LogP contribution < -0.4 is 5.73 Å². The number of nitrogens with two attached hydrogens (primary N) is 1. The quantitative estimate of drug-likeness (QED) is 0.628. The van der Waals surface area contributed by atoms with Crippen molar-refractivity contribution in [2.45, 2.75) is 19.8 Å². The molecule has 11 heavy (non-hydrogen) atoms. The number of ether oxygens (including phenoxy) is 1. The number of hydrogen-bond donors (Lipinski definition) is 1. The second-order valence-electron chi connectivity index (χ2n) is 3.15. The van der Waals surface area contributed by atoms with Gasteiger partial charge in [-0.15, -0.1) is 0 Å². The first-order valence-electron chi connectivity index (χ1n) is 4.00. The van der Waals surface area contributed by atoms with E-state index in [1.807, 2.05) is 0 Å². The molecule has 1 heterocycles. The highest BCUT2D eigenvalue weighted by Crippen LogP contribution is 2.29. The Balaban J connectivity index is 2.64. The fourth-order valence-electron chi connectivity index (χ4n) is 1.46. The highest BCUT2D eigenvalue weighted by Gasteiger charge is 2.35. The Morgan fingerprint density at radius 3 is 2.36 bits per heavy atom. The average molecular weight is 157 g/mol. The van der Waals surface area contributed by atoms with E-state index in [0.717, 1.165) is 12.8 Å². The minimum Gasteiger partial charge on any atom is -0.381 e. The molecule has 0 atom stereocenters. The van der Waals surface area contributed by atoms with Crippen LogP contribution in [0.2, 0.25) is 0 Å². The Hall–Kier alpha value is -0.410. The summed E-state index contributed by atoms with van der Waals surface area (Å²) >= 11 is 0. The van der Waals surface area contributed by atoms with Crippen LogP contribution in [0.25, 0.3) is 0 Å². The van der Waals surface area contributed by atoms with Gasteiger partial charge in [-0.3, -0.25) is 4.79 Å². The van der Waals surface area contributed by atoms with Crippen LogP contribution in [0, 0.1) is 5.41 Å². The summed E-state index contributed by atoms with van der Waals surface area (Å²) in [5.41, 5.74) is 5.30. The van der Waals surface area contributed by atoms with Crippen LogP contribution in [-0.4, -0.2) is 25.5 Å². The molecule has 0 bridgehead atoms. The molecule has 0 saturated carbocycles. The maximum Gasteiger partial charge on any atom is 0.137 e. The third-order valence-corrected chi connectivity index (χ3v) is 2.59. The minimum absolute atomic E-state index is 0.211. The fraction of sp³-hybridized carbons (Fsp3) is 0.875. The van der Waals surface area contributed by atoms with E-state index in [9.17, 15) is 4.79 Å². The van der Waals surface area contributed by atoms with Crippen molar-refractivity contribution in [1.29, 1.82) is 0 Å². The van der Waals surface area contributed by atoms with Gasteiger partial charge in [0.2, 0.25) is 0 Å². The Bertz CT molecular complexity index is 150. The van der Waals surface area contributed by atoms with E-state index < -0.39 is 0 Å². The predicted octanol–water partition coefficient (Wildman–Crippen LogP) is 0.331. The summed E-state index contributed by atoms with van der Waals surface area (Å²) in [6.45, 7) is 3.44. The van der Waals surface area contributed by atoms with Gasteiger partial charge in [-0.05, 0) is 19.8 Å². The molecule has 3 nitrogen and oxygen atoms in total. The van der Waals surface area contributed by atoms with Crippen molar-refractivity contribution in [1.82, 2.24) is 0 Å². The van der Waals surface area contributed by atoms with Crippen LogP contribution in [0.4, 0.5) is 0 Å². The molecule has 0 aromatic rings. The molecule has 0 amide bonds. The first-order valence-corrected chi connectivity index (χ1v) is 4.00. The van der Waals surface area contributed by atoms with Crippen LogP contribution in [0.1, 0.15) is 19.8 Å². The van der Waals surface area contributed by atoms with Crippen LogP contribution in [0.3, 0.4) is 0 Å². The van der Waals surface area contributed by atoms with Crippen molar-refractivity contribution >= 4 is 5.78 Å². The van der Waals surface area contributed by atoms with Gasteiger partial charge in [0.15, 0.2) is 0 Å². The van der Waals surface area contributed by atoms with Crippen molar-refractivity contribution in [3.05, 3.63) is 0 Å². The molecule has 0 radical (unpaired) electrons. The van der Waals surface area contributed by atoms with E-state index in [-0.39, 0.29) is 11.2 Å². The van der Waals surface area contributed by atoms with E-state index in [0.29, 0.717) is 19.8 Å². The van der Waals surface area contributed by atoms with Crippen LogP contribution >= 0.6 is 0 Å². The lowest BCUT2D eigenvalue weighted by Crippen LogP contribution is -2.42. The van der Waals surface area contributed by atoms with Crippen LogP contribution in [0.15, 0.2) is 0 Å². The lowest BCUT2D eigenvalue weighted by atomic mass is 9.77. The van der Waals surface area contributed by atoms with E-state index in [4.69, 9.17) is 10.5 Å². The number of rotatable bonds is 2. The zero-order chi connectivity index (χ0) is 8.32. The standard InChI is InChI=1S/C8H15NO2/c1-7(10)8(6-9)2-4-11-5-3-8/h2-6,9H2,1H3. The largest absolute Gasteiger partial charge is 0.381 e. The van der Waals surface area contributed by atoms with Crippen molar-refractivity contribution < 1.29 is 9.53 Å². The first-order chi connectivity index (χ1) is 5.21. The van der Waals surface area contributed by atoms with E-state index in [1.54, 1.807) is 6.92 Å². The molecule has 0 aliphatic carbocycles. The third kappa shape index (κ3) is 1.60. The predicted molar refractivity (Wildman–Crippen MR) is 42.2 cm³/mol. The molecular weight excluding hydrogens is 142 g/mol. The zero-order valence-corrected chi connectivity index (χ0v) is 6.93. The maximum absolute atomic E-state index is 11.2. The summed E-state index contributed by atoms with van der Waals surface area (Å²) in [7, 11) is 0. The molecule has 1 rings (SSSR count). The second kappa shape index (κ2) is 3.32. The highest BCUT2D eigenvalue weighted by molar-refractivity contribution is 5.82. The highest BCUT2D eigenvalue weighted by atomic mass is 16.5. The molecule has 1 fully saturated rings. The molecule has 0 aromatic carbocycles. The molecule has 0 aromatic heterocycles. The number of Topliss-reactive ketones (excluding diaryl/α,β-unsaturated/α-hetero) is 1. The SMILES string of the molecule is CC(=O)C1(CN)CCOCC1. The normalized spacial score (nSPS) is 23.1. The van der Waals surface area contributed by atoms with Gasteiger partial charge >= 0.3 is 0 Å². The van der Waals surface area contributed by atoms with Gasteiger partial charge in [0.25, 0.3) is 0 Å². The molecule has 64 valence electrons. The molecule has 2 N–H and O–H groups in total. The lowest BCUT2D eigenvalue weighted by Gasteiger charge is -2.33. The second-order valence-corrected chi connectivity index (χ2v) is 3.15. The molecule has 1 aliphatic rings. The van der Waals surface area contributed by atoms with Gasteiger partial charge in [-0.1, -0.05) is 0 Å². The average Bonchev–Trinajstić information content (AvgIpc) is 2.05. The monoisotopic (exact) mass is 157 g/mol. The van der Waals surface area contributed by atoms with Gasteiger partial charge in [-0.25, -0.2) is 0 Å². The number of carbonyl (C=O) groups is 1. The molecule has 0 unspecified atom stereocenters. The zero-order valence-electron chi connectivity index (χ0n) is 6.93. The Labute approximate surface area is 66.9 Å². The number of hydrogen-bond acceptors (Lipinski definition) is 3. The van der Waals surface area contributed by atoms with Crippen LogP contribution in [0.5, 0.6) is 0 Å². The summed E-state index contributed by atoms with van der Waals surface area (Å²) in [5, 5.41) is 0. The number of ketones is 1. The van der Waals surface area contributed by atoms with Crippen molar-refractivity contribution in [3.63, 3.8) is 0 Å². The fourth-order valence-corrected chi connectivity index (χ4v) is 1.46. The van der Waals surface area contributed by atoms with Gasteiger partial charge in [0.05, 0.1) is 0 Å². The first kappa shape index (κ1) is 8.68. The topological polar surface area (TPSA) is 52.3 Å². The van der Waals surface area contributed by atoms with E-state index in [1.165, 1.54) is 0 Å². The molecule has 0 spiro atoms. The van der Waals surface area contributed by atoms with Gasteiger partial charge in [0, 0.05) is 25.2 Å². The number of carbonyl (C=O) groups excluding carboxylic acids is 1. The maximum atomic E-state index is 11.2. The van der Waals surface area contributed by atoms with Crippen molar-refractivity contribution in [2.24, 2.45) is 11.1 Å². The summed E-state index contributed by atoms with van der Waals surface area (Å²) in [6, 6.07) is 0. The van der Waals surface area contributed by atoms with E-state index >= 15 is 0 Å². The smallest absolute Gasteiger partial charge is 0.137 e. The van der Waals surface area contributed by atoms with Crippen LogP contribution in [-0.2, 0) is 9.53 Å². The van der Waals surface area contributed by atoms with Crippen molar-refractivity contribution in [3.8, 4) is 0 Å². The molecule has 1 aliphatic heterocycles. The van der Waals surface area contributed by atoms with Gasteiger partial charge < -0.3 is 10.5 Å². The Kier molecular flexibility index (Phi) is 2.62. The summed E-state index contributed by atoms with van der Waals surface area (Å²) in [5.74, 6) is 0.211.